The number of unbranched alkanes of at least 4 members (excludes halogenated alkanes) is 2. The Bertz CT molecular complexity index is 863. The summed E-state index contributed by atoms with van der Waals surface area (Å²) in [6.45, 7) is 2.94. The number of nitrogens with zero attached hydrogens (tertiary/aromatic N) is 3. The predicted octanol–water partition coefficient (Wildman–Crippen LogP) is 5.12. The molecule has 3 rings (SSSR count). The summed E-state index contributed by atoms with van der Waals surface area (Å²) >= 11 is 6.87. The minimum atomic E-state index is 0.468. The number of hydrogen-bond donors (Lipinski definition) is 1. The van der Waals surface area contributed by atoms with Crippen LogP contribution in [0.3, 0.4) is 0 Å². The van der Waals surface area contributed by atoms with E-state index in [-0.39, 0.29) is 0 Å². The van der Waals surface area contributed by atoms with Gasteiger partial charge in [0.1, 0.15) is 5.75 Å². The predicted molar refractivity (Wildman–Crippen MR) is 105 cm³/mol. The van der Waals surface area contributed by atoms with Crippen LogP contribution in [0.4, 0.5) is 0 Å². The van der Waals surface area contributed by atoms with Crippen molar-refractivity contribution in [1.29, 1.82) is 0 Å². The SMILES string of the molecule is CCCCCOc1ccc(/C=N/n2c(-c3cccs3)n[nH]c2=S)cc1. The number of H-pyrrole nitrogens is 1. The number of rotatable bonds is 8. The molecule has 0 spiro atoms. The number of hydrogen-bond acceptors (Lipinski definition) is 5. The summed E-state index contributed by atoms with van der Waals surface area (Å²) in [4.78, 5) is 1.01. The molecule has 1 N–H and O–H groups in total. The maximum atomic E-state index is 5.72. The molecule has 2 heterocycles. The van der Waals surface area contributed by atoms with Gasteiger partial charge in [0.15, 0.2) is 5.82 Å². The molecule has 0 radical (unpaired) electrons. The van der Waals surface area contributed by atoms with Crippen molar-refractivity contribution in [3.8, 4) is 16.5 Å². The van der Waals surface area contributed by atoms with Gasteiger partial charge in [-0.2, -0.15) is 14.9 Å². The molecule has 0 aliphatic carbocycles. The van der Waals surface area contributed by atoms with Crippen LogP contribution in [0.5, 0.6) is 5.75 Å². The van der Waals surface area contributed by atoms with E-state index in [0.29, 0.717) is 10.6 Å². The van der Waals surface area contributed by atoms with Crippen LogP contribution < -0.4 is 4.74 Å². The summed E-state index contributed by atoms with van der Waals surface area (Å²) in [7, 11) is 0. The van der Waals surface area contributed by atoms with Gasteiger partial charge in [0, 0.05) is 0 Å². The van der Waals surface area contributed by atoms with Crippen LogP contribution in [0.2, 0.25) is 0 Å². The molecule has 5 nitrogen and oxygen atoms in total. The van der Waals surface area contributed by atoms with Crippen molar-refractivity contribution in [2.45, 2.75) is 26.2 Å². The Morgan fingerprint density at radius 3 is 2.84 bits per heavy atom. The number of nitrogens with one attached hydrogen (secondary N) is 1. The Labute approximate surface area is 156 Å². The third-order valence-corrected chi connectivity index (χ3v) is 4.74. The largest absolute Gasteiger partial charge is 0.494 e. The first-order valence-corrected chi connectivity index (χ1v) is 9.55. The molecule has 0 bridgehead atoms. The van der Waals surface area contributed by atoms with Crippen molar-refractivity contribution in [3.05, 3.63) is 52.1 Å². The maximum absolute atomic E-state index is 5.72. The van der Waals surface area contributed by atoms with Crippen molar-refractivity contribution < 1.29 is 4.74 Å². The first-order valence-electron chi connectivity index (χ1n) is 8.26. The minimum Gasteiger partial charge on any atom is -0.494 e. The highest BCUT2D eigenvalue weighted by Gasteiger charge is 2.08. The number of thiophene rings is 1. The maximum Gasteiger partial charge on any atom is 0.216 e. The topological polar surface area (TPSA) is 55.2 Å². The van der Waals surface area contributed by atoms with Crippen molar-refractivity contribution in [3.63, 3.8) is 0 Å². The number of aromatic nitrogens is 3. The van der Waals surface area contributed by atoms with Crippen LogP contribution >= 0.6 is 23.6 Å². The van der Waals surface area contributed by atoms with Crippen LogP contribution in [0.25, 0.3) is 10.7 Å². The lowest BCUT2D eigenvalue weighted by atomic mass is 10.2. The Kier molecular flexibility index (Phi) is 6.14. The van der Waals surface area contributed by atoms with E-state index in [1.54, 1.807) is 22.2 Å². The van der Waals surface area contributed by atoms with Gasteiger partial charge < -0.3 is 4.74 Å². The van der Waals surface area contributed by atoms with Gasteiger partial charge >= 0.3 is 0 Å². The summed E-state index contributed by atoms with van der Waals surface area (Å²) < 4.78 is 7.82. The van der Waals surface area contributed by atoms with Crippen molar-refractivity contribution >= 4 is 29.8 Å². The molecule has 2 aromatic heterocycles. The fraction of sp³-hybridized carbons (Fsp3) is 0.278. The van der Waals surface area contributed by atoms with Crippen molar-refractivity contribution in [2.75, 3.05) is 6.61 Å². The van der Waals surface area contributed by atoms with Gasteiger partial charge in [0.05, 0.1) is 17.7 Å². The molecule has 0 fully saturated rings. The van der Waals surface area contributed by atoms with Crippen molar-refractivity contribution in [1.82, 2.24) is 14.9 Å². The number of aromatic amines is 1. The fourth-order valence-electron chi connectivity index (χ4n) is 2.28. The molecule has 0 atom stereocenters. The molecule has 25 heavy (non-hydrogen) atoms. The summed E-state index contributed by atoms with van der Waals surface area (Å²) in [5, 5.41) is 13.5. The first-order chi connectivity index (χ1) is 12.3. The van der Waals surface area contributed by atoms with Crippen LogP contribution in [0.15, 0.2) is 46.9 Å². The van der Waals surface area contributed by atoms with E-state index in [2.05, 4.69) is 22.2 Å². The molecular formula is C18H20N4OS2. The molecule has 1 aromatic carbocycles. The highest BCUT2D eigenvalue weighted by atomic mass is 32.1. The zero-order chi connectivity index (χ0) is 17.5. The normalized spacial score (nSPS) is 11.2. The molecule has 7 heteroatoms. The number of ether oxygens (including phenoxy) is 1. The summed E-state index contributed by atoms with van der Waals surface area (Å²) in [5.41, 5.74) is 0.973. The van der Waals surface area contributed by atoms with Gasteiger partial charge in [-0.25, -0.2) is 5.10 Å². The molecule has 0 aliphatic heterocycles. The lowest BCUT2D eigenvalue weighted by molar-refractivity contribution is 0.306. The third kappa shape index (κ3) is 4.64. The average Bonchev–Trinajstić information content (AvgIpc) is 3.28. The van der Waals surface area contributed by atoms with Gasteiger partial charge in [0.2, 0.25) is 4.77 Å². The summed E-state index contributed by atoms with van der Waals surface area (Å²) in [6.07, 6.45) is 5.25. The van der Waals surface area contributed by atoms with Gasteiger partial charge in [-0.1, -0.05) is 25.8 Å². The minimum absolute atomic E-state index is 0.468. The zero-order valence-corrected chi connectivity index (χ0v) is 15.6. The van der Waals surface area contributed by atoms with Crippen LogP contribution in [-0.4, -0.2) is 27.7 Å². The molecule has 0 saturated carbocycles. The van der Waals surface area contributed by atoms with Gasteiger partial charge in [-0.3, -0.25) is 0 Å². The summed E-state index contributed by atoms with van der Waals surface area (Å²) in [5.74, 6) is 1.60. The smallest absolute Gasteiger partial charge is 0.216 e. The van der Waals surface area contributed by atoms with Gasteiger partial charge in [-0.15, -0.1) is 11.3 Å². The average molecular weight is 373 g/mol. The van der Waals surface area contributed by atoms with Crippen molar-refractivity contribution in [2.24, 2.45) is 5.10 Å². The molecule has 0 amide bonds. The second-order valence-corrected chi connectivity index (χ2v) is 6.85. The Morgan fingerprint density at radius 1 is 1.28 bits per heavy atom. The molecule has 0 aliphatic rings. The highest BCUT2D eigenvalue weighted by Crippen LogP contribution is 2.22. The van der Waals surface area contributed by atoms with Gasteiger partial charge in [0.25, 0.3) is 0 Å². The van der Waals surface area contributed by atoms with E-state index in [1.807, 2.05) is 41.8 Å². The second-order valence-electron chi connectivity index (χ2n) is 5.51. The Hall–Kier alpha value is -2.25. The molecule has 0 saturated heterocycles. The Balaban J connectivity index is 1.69. The van der Waals surface area contributed by atoms with E-state index in [4.69, 9.17) is 17.0 Å². The van der Waals surface area contributed by atoms with E-state index in [1.165, 1.54) is 12.8 Å². The van der Waals surface area contributed by atoms with Crippen LogP contribution in [0.1, 0.15) is 31.7 Å². The van der Waals surface area contributed by atoms with Crippen LogP contribution in [-0.2, 0) is 0 Å². The van der Waals surface area contributed by atoms with E-state index in [9.17, 15) is 0 Å². The van der Waals surface area contributed by atoms with E-state index >= 15 is 0 Å². The molecular weight excluding hydrogens is 352 g/mol. The standard InChI is InChI=1S/C18H20N4OS2/c1-2-3-4-11-23-15-9-7-14(8-10-15)13-19-22-17(20-21-18(22)24)16-6-5-12-25-16/h5-10,12-13H,2-4,11H2,1H3,(H,21,24)/b19-13+. The fourth-order valence-corrected chi connectivity index (χ4v) is 3.16. The highest BCUT2D eigenvalue weighted by molar-refractivity contribution is 7.71. The van der Waals surface area contributed by atoms with Crippen LogP contribution in [0, 0.1) is 4.77 Å². The second kappa shape index (κ2) is 8.73. The lowest BCUT2D eigenvalue weighted by Crippen LogP contribution is -1.97. The lowest BCUT2D eigenvalue weighted by Gasteiger charge is -2.05. The number of benzene rings is 1. The van der Waals surface area contributed by atoms with Gasteiger partial charge in [-0.05, 0) is 59.9 Å². The van der Waals surface area contributed by atoms with E-state index in [0.717, 1.165) is 29.2 Å². The first kappa shape index (κ1) is 17.6. The quantitative estimate of drug-likeness (QED) is 0.339. The molecule has 3 aromatic rings. The zero-order valence-electron chi connectivity index (χ0n) is 14.0. The Morgan fingerprint density at radius 2 is 2.12 bits per heavy atom. The monoisotopic (exact) mass is 372 g/mol. The molecule has 130 valence electrons. The molecule has 0 unspecified atom stereocenters. The summed E-state index contributed by atoms with van der Waals surface area (Å²) in [6, 6.07) is 11.8. The third-order valence-electron chi connectivity index (χ3n) is 3.61. The van der Waals surface area contributed by atoms with E-state index < -0.39 is 0 Å².